The SMILES string of the molecule is C=CCC(N)c1nc(C2(OC)CCOCC2)no1. The Balaban J connectivity index is 2.19. The number of nitrogens with zero attached hydrogens (tertiary/aromatic N) is 2. The maximum atomic E-state index is 5.90. The molecule has 1 atom stereocenters. The summed E-state index contributed by atoms with van der Waals surface area (Å²) in [5, 5.41) is 4.01. The van der Waals surface area contributed by atoms with Gasteiger partial charge in [-0.2, -0.15) is 4.98 Å². The third-order valence-electron chi connectivity index (χ3n) is 3.28. The Kier molecular flexibility index (Phi) is 4.11. The van der Waals surface area contributed by atoms with Gasteiger partial charge < -0.3 is 19.7 Å². The van der Waals surface area contributed by atoms with E-state index in [4.69, 9.17) is 19.7 Å². The highest BCUT2D eigenvalue weighted by atomic mass is 16.5. The zero-order valence-electron chi connectivity index (χ0n) is 10.6. The molecule has 0 spiro atoms. The zero-order valence-corrected chi connectivity index (χ0v) is 10.6. The Morgan fingerprint density at radius 3 is 2.89 bits per heavy atom. The summed E-state index contributed by atoms with van der Waals surface area (Å²) in [6.07, 6.45) is 3.78. The Bertz CT molecular complexity index is 399. The lowest BCUT2D eigenvalue weighted by Gasteiger charge is -2.32. The van der Waals surface area contributed by atoms with E-state index in [0.717, 1.165) is 12.8 Å². The second kappa shape index (κ2) is 5.60. The van der Waals surface area contributed by atoms with Gasteiger partial charge in [0, 0.05) is 33.2 Å². The Hall–Kier alpha value is -1.24. The van der Waals surface area contributed by atoms with E-state index in [2.05, 4.69) is 16.7 Å². The maximum absolute atomic E-state index is 5.90. The van der Waals surface area contributed by atoms with E-state index in [1.807, 2.05) is 0 Å². The molecule has 2 rings (SSSR count). The monoisotopic (exact) mass is 253 g/mol. The normalized spacial score (nSPS) is 20.6. The van der Waals surface area contributed by atoms with Crippen LogP contribution in [0.3, 0.4) is 0 Å². The molecule has 1 fully saturated rings. The fourth-order valence-corrected chi connectivity index (χ4v) is 2.07. The van der Waals surface area contributed by atoms with Crippen LogP contribution >= 0.6 is 0 Å². The third-order valence-corrected chi connectivity index (χ3v) is 3.28. The van der Waals surface area contributed by atoms with Crippen molar-refractivity contribution < 1.29 is 14.0 Å². The Labute approximate surface area is 106 Å². The van der Waals surface area contributed by atoms with Crippen molar-refractivity contribution in [2.45, 2.75) is 30.9 Å². The highest BCUT2D eigenvalue weighted by Gasteiger charge is 2.39. The van der Waals surface area contributed by atoms with Crippen LogP contribution in [0, 0.1) is 0 Å². The van der Waals surface area contributed by atoms with Crippen LogP contribution < -0.4 is 5.73 Å². The molecule has 0 bridgehead atoms. The van der Waals surface area contributed by atoms with Crippen molar-refractivity contribution in [3.63, 3.8) is 0 Å². The van der Waals surface area contributed by atoms with Crippen molar-refractivity contribution >= 4 is 0 Å². The van der Waals surface area contributed by atoms with Gasteiger partial charge in [0.1, 0.15) is 5.60 Å². The van der Waals surface area contributed by atoms with Crippen LogP contribution in [0.5, 0.6) is 0 Å². The van der Waals surface area contributed by atoms with E-state index in [-0.39, 0.29) is 6.04 Å². The van der Waals surface area contributed by atoms with E-state index >= 15 is 0 Å². The second-order valence-corrected chi connectivity index (χ2v) is 4.40. The van der Waals surface area contributed by atoms with Crippen LogP contribution in [0.4, 0.5) is 0 Å². The van der Waals surface area contributed by atoms with Crippen molar-refractivity contribution in [1.82, 2.24) is 10.1 Å². The van der Waals surface area contributed by atoms with Gasteiger partial charge >= 0.3 is 0 Å². The minimum atomic E-state index is -0.506. The van der Waals surface area contributed by atoms with Gasteiger partial charge in [0.25, 0.3) is 0 Å². The molecule has 1 unspecified atom stereocenters. The van der Waals surface area contributed by atoms with Crippen molar-refractivity contribution in [1.29, 1.82) is 0 Å². The molecule has 1 aromatic rings. The third kappa shape index (κ3) is 2.45. The lowest BCUT2D eigenvalue weighted by Crippen LogP contribution is -2.36. The Morgan fingerprint density at radius 1 is 1.56 bits per heavy atom. The van der Waals surface area contributed by atoms with Gasteiger partial charge in [-0.05, 0) is 6.42 Å². The lowest BCUT2D eigenvalue weighted by atomic mass is 9.93. The lowest BCUT2D eigenvalue weighted by molar-refractivity contribution is -0.101. The molecule has 6 nitrogen and oxygen atoms in total. The molecule has 2 N–H and O–H groups in total. The summed E-state index contributed by atoms with van der Waals surface area (Å²) in [6, 6.07) is -0.308. The van der Waals surface area contributed by atoms with Crippen molar-refractivity contribution in [2.24, 2.45) is 5.73 Å². The van der Waals surface area contributed by atoms with Gasteiger partial charge in [0.2, 0.25) is 11.7 Å². The number of nitrogens with two attached hydrogens (primary N) is 1. The summed E-state index contributed by atoms with van der Waals surface area (Å²) in [7, 11) is 1.66. The molecule has 1 aromatic heterocycles. The number of rotatable bonds is 5. The molecule has 1 aliphatic heterocycles. The average Bonchev–Trinajstić information content (AvgIpc) is 2.90. The predicted molar refractivity (Wildman–Crippen MR) is 64.8 cm³/mol. The van der Waals surface area contributed by atoms with Gasteiger partial charge in [-0.1, -0.05) is 11.2 Å². The molecule has 6 heteroatoms. The van der Waals surface area contributed by atoms with Crippen LogP contribution in [-0.2, 0) is 15.1 Å². The summed E-state index contributed by atoms with van der Waals surface area (Å²) in [6.45, 7) is 4.91. The topological polar surface area (TPSA) is 83.4 Å². The second-order valence-electron chi connectivity index (χ2n) is 4.40. The Morgan fingerprint density at radius 2 is 2.28 bits per heavy atom. The molecule has 0 amide bonds. The van der Waals surface area contributed by atoms with E-state index in [1.165, 1.54) is 0 Å². The van der Waals surface area contributed by atoms with E-state index in [9.17, 15) is 0 Å². The van der Waals surface area contributed by atoms with Crippen LogP contribution in [0.15, 0.2) is 17.2 Å². The standard InChI is InChI=1S/C12H19N3O3/c1-3-4-9(13)10-14-11(15-18-10)12(16-2)5-7-17-8-6-12/h3,9H,1,4-8,13H2,2H3. The predicted octanol–water partition coefficient (Wildman–Crippen LogP) is 1.30. The summed E-state index contributed by atoms with van der Waals surface area (Å²) in [5.41, 5.74) is 5.39. The van der Waals surface area contributed by atoms with Crippen LogP contribution in [0.25, 0.3) is 0 Å². The van der Waals surface area contributed by atoms with Gasteiger partial charge in [0.15, 0.2) is 0 Å². The summed E-state index contributed by atoms with van der Waals surface area (Å²) >= 11 is 0. The zero-order chi connectivity index (χ0) is 13.0. The maximum Gasteiger partial charge on any atom is 0.243 e. The van der Waals surface area contributed by atoms with E-state index in [0.29, 0.717) is 31.3 Å². The molecule has 0 radical (unpaired) electrons. The fourth-order valence-electron chi connectivity index (χ4n) is 2.07. The fraction of sp³-hybridized carbons (Fsp3) is 0.667. The van der Waals surface area contributed by atoms with Gasteiger partial charge in [-0.15, -0.1) is 6.58 Å². The molecule has 2 heterocycles. The molecule has 0 aliphatic carbocycles. The number of methoxy groups -OCH3 is 1. The highest BCUT2D eigenvalue weighted by molar-refractivity contribution is 5.05. The minimum Gasteiger partial charge on any atom is -0.381 e. The largest absolute Gasteiger partial charge is 0.381 e. The summed E-state index contributed by atoms with van der Waals surface area (Å²) in [4.78, 5) is 4.36. The van der Waals surface area contributed by atoms with Crippen molar-refractivity contribution in [3.05, 3.63) is 24.4 Å². The van der Waals surface area contributed by atoms with Gasteiger partial charge in [0.05, 0.1) is 6.04 Å². The quantitative estimate of drug-likeness (QED) is 0.796. The first-order valence-electron chi connectivity index (χ1n) is 6.05. The molecule has 0 aromatic carbocycles. The first kappa shape index (κ1) is 13.2. The first-order chi connectivity index (χ1) is 8.72. The first-order valence-corrected chi connectivity index (χ1v) is 6.05. The highest BCUT2D eigenvalue weighted by Crippen LogP contribution is 2.34. The number of ether oxygens (including phenoxy) is 2. The number of hydrogen-bond acceptors (Lipinski definition) is 6. The van der Waals surface area contributed by atoms with Crippen LogP contribution in [0.2, 0.25) is 0 Å². The molecular formula is C12H19N3O3. The number of hydrogen-bond donors (Lipinski definition) is 1. The minimum absolute atomic E-state index is 0.308. The number of aromatic nitrogens is 2. The average molecular weight is 253 g/mol. The van der Waals surface area contributed by atoms with E-state index < -0.39 is 5.60 Å². The smallest absolute Gasteiger partial charge is 0.243 e. The van der Waals surface area contributed by atoms with Gasteiger partial charge in [-0.25, -0.2) is 0 Å². The molecule has 18 heavy (non-hydrogen) atoms. The van der Waals surface area contributed by atoms with Crippen LogP contribution in [0.1, 0.15) is 37.0 Å². The van der Waals surface area contributed by atoms with E-state index in [1.54, 1.807) is 13.2 Å². The molecular weight excluding hydrogens is 234 g/mol. The molecule has 100 valence electrons. The molecule has 0 saturated carbocycles. The molecule has 1 aliphatic rings. The van der Waals surface area contributed by atoms with Crippen molar-refractivity contribution in [2.75, 3.05) is 20.3 Å². The summed E-state index contributed by atoms with van der Waals surface area (Å²) in [5.74, 6) is 0.982. The molecule has 1 saturated heterocycles. The van der Waals surface area contributed by atoms with Gasteiger partial charge in [-0.3, -0.25) is 0 Å². The summed E-state index contributed by atoms with van der Waals surface area (Å²) < 4.78 is 16.1. The van der Waals surface area contributed by atoms with Crippen molar-refractivity contribution in [3.8, 4) is 0 Å². The van der Waals surface area contributed by atoms with Crippen LogP contribution in [-0.4, -0.2) is 30.5 Å².